The standard InChI is InChI=1S/C19H24N4O2/c24-18(23-11-10-19(25,13-23)17-12-20-22-21-17)3-1-2-14-4-6-15(7-5-14)16-8-9-16/h4-7,12,16,25H,1-3,8-11,13H2,(H,20,21,22). The van der Waals surface area contributed by atoms with Gasteiger partial charge in [0.25, 0.3) is 0 Å². The summed E-state index contributed by atoms with van der Waals surface area (Å²) in [4.78, 5) is 14.2. The van der Waals surface area contributed by atoms with E-state index < -0.39 is 5.60 Å². The Bertz CT molecular complexity index is 724. The van der Waals surface area contributed by atoms with Crippen molar-refractivity contribution in [3.63, 3.8) is 0 Å². The summed E-state index contributed by atoms with van der Waals surface area (Å²) in [7, 11) is 0. The maximum absolute atomic E-state index is 12.4. The molecule has 25 heavy (non-hydrogen) atoms. The number of carbonyl (C=O) groups is 1. The van der Waals surface area contributed by atoms with Crippen LogP contribution in [0.15, 0.2) is 30.5 Å². The van der Waals surface area contributed by atoms with E-state index in [1.54, 1.807) is 4.90 Å². The van der Waals surface area contributed by atoms with Crippen molar-refractivity contribution in [2.75, 3.05) is 13.1 Å². The van der Waals surface area contributed by atoms with E-state index in [1.165, 1.54) is 30.2 Å². The third kappa shape index (κ3) is 3.58. The van der Waals surface area contributed by atoms with E-state index >= 15 is 0 Å². The number of aryl methyl sites for hydroxylation is 1. The van der Waals surface area contributed by atoms with Gasteiger partial charge in [0.05, 0.1) is 12.7 Å². The Labute approximate surface area is 147 Å². The van der Waals surface area contributed by atoms with E-state index in [1.807, 2.05) is 0 Å². The second kappa shape index (κ2) is 6.59. The largest absolute Gasteiger partial charge is 0.381 e. The van der Waals surface area contributed by atoms with Crippen LogP contribution < -0.4 is 0 Å². The van der Waals surface area contributed by atoms with Gasteiger partial charge in [-0.05, 0) is 42.7 Å². The van der Waals surface area contributed by atoms with Crippen LogP contribution in [0, 0.1) is 0 Å². The number of likely N-dealkylation sites (tertiary alicyclic amines) is 1. The smallest absolute Gasteiger partial charge is 0.222 e. The Kier molecular flexibility index (Phi) is 4.29. The van der Waals surface area contributed by atoms with E-state index in [0.29, 0.717) is 31.6 Å². The molecule has 1 atom stereocenters. The lowest BCUT2D eigenvalue weighted by atomic mass is 10.00. The van der Waals surface area contributed by atoms with Crippen LogP contribution >= 0.6 is 0 Å². The molecule has 1 saturated heterocycles. The number of hydrogen-bond donors (Lipinski definition) is 2. The summed E-state index contributed by atoms with van der Waals surface area (Å²) in [5.74, 6) is 0.892. The normalized spacial score (nSPS) is 23.2. The van der Waals surface area contributed by atoms with Crippen LogP contribution in [0.2, 0.25) is 0 Å². The summed E-state index contributed by atoms with van der Waals surface area (Å²) in [5.41, 5.74) is 2.18. The minimum absolute atomic E-state index is 0.106. The lowest BCUT2D eigenvalue weighted by Gasteiger charge is -2.21. The number of β-amino-alcohol motifs (C(OH)–C–C–N with tert-alkyl or cyclic N) is 1. The van der Waals surface area contributed by atoms with Crippen LogP contribution in [0.25, 0.3) is 0 Å². The number of rotatable bonds is 6. The minimum atomic E-state index is -1.07. The third-order valence-electron chi connectivity index (χ3n) is 5.38. The van der Waals surface area contributed by atoms with Crippen LogP contribution in [0.1, 0.15) is 54.8 Å². The Balaban J connectivity index is 1.25. The topological polar surface area (TPSA) is 82.1 Å². The molecule has 2 heterocycles. The quantitative estimate of drug-likeness (QED) is 0.844. The van der Waals surface area contributed by atoms with Crippen LogP contribution in [0.5, 0.6) is 0 Å². The lowest BCUT2D eigenvalue weighted by molar-refractivity contribution is -0.131. The maximum atomic E-state index is 12.4. The molecule has 1 aliphatic carbocycles. The van der Waals surface area contributed by atoms with Crippen molar-refractivity contribution in [1.82, 2.24) is 20.3 Å². The second-order valence-electron chi connectivity index (χ2n) is 7.32. The SMILES string of the molecule is O=C(CCCc1ccc(C2CC2)cc1)N1CCC(O)(c2cn[nH]n2)C1. The van der Waals surface area contributed by atoms with Gasteiger partial charge in [-0.2, -0.15) is 15.4 Å². The zero-order chi connectivity index (χ0) is 17.3. The number of nitrogens with one attached hydrogen (secondary N) is 1. The van der Waals surface area contributed by atoms with Crippen LogP contribution in [-0.4, -0.2) is 44.4 Å². The van der Waals surface area contributed by atoms with E-state index in [9.17, 15) is 9.90 Å². The number of H-pyrrole nitrogens is 1. The molecule has 132 valence electrons. The highest BCUT2D eigenvalue weighted by Gasteiger charge is 2.41. The van der Waals surface area contributed by atoms with Gasteiger partial charge >= 0.3 is 0 Å². The molecule has 0 radical (unpaired) electrons. The number of aromatic amines is 1. The van der Waals surface area contributed by atoms with Crippen molar-refractivity contribution in [1.29, 1.82) is 0 Å². The van der Waals surface area contributed by atoms with Gasteiger partial charge in [0, 0.05) is 19.4 Å². The summed E-state index contributed by atoms with van der Waals surface area (Å²) in [5, 5.41) is 20.9. The monoisotopic (exact) mass is 340 g/mol. The Morgan fingerprint density at radius 2 is 2.12 bits per heavy atom. The van der Waals surface area contributed by atoms with Gasteiger partial charge in [-0.25, -0.2) is 0 Å². The molecule has 1 aromatic heterocycles. The predicted molar refractivity (Wildman–Crippen MR) is 92.8 cm³/mol. The van der Waals surface area contributed by atoms with E-state index in [0.717, 1.165) is 18.8 Å². The predicted octanol–water partition coefficient (Wildman–Crippen LogP) is 2.12. The van der Waals surface area contributed by atoms with Gasteiger partial charge in [0.15, 0.2) is 0 Å². The first-order valence-electron chi connectivity index (χ1n) is 9.09. The van der Waals surface area contributed by atoms with Gasteiger partial charge in [-0.1, -0.05) is 24.3 Å². The van der Waals surface area contributed by atoms with Crippen molar-refractivity contribution in [3.05, 3.63) is 47.3 Å². The fraction of sp³-hybridized carbons (Fsp3) is 0.526. The highest BCUT2D eigenvalue weighted by atomic mass is 16.3. The Hall–Kier alpha value is -2.21. The average molecular weight is 340 g/mol. The summed E-state index contributed by atoms with van der Waals surface area (Å²) >= 11 is 0. The maximum Gasteiger partial charge on any atom is 0.222 e. The number of aliphatic hydroxyl groups is 1. The summed E-state index contributed by atoms with van der Waals surface area (Å²) in [6.07, 6.45) is 6.94. The first-order chi connectivity index (χ1) is 12.1. The Morgan fingerprint density at radius 1 is 1.32 bits per heavy atom. The van der Waals surface area contributed by atoms with Crippen molar-refractivity contribution in [2.24, 2.45) is 0 Å². The van der Waals surface area contributed by atoms with E-state index in [4.69, 9.17) is 0 Å². The summed E-state index contributed by atoms with van der Waals surface area (Å²) in [6, 6.07) is 8.84. The molecule has 1 aliphatic heterocycles. The molecule has 0 bridgehead atoms. The zero-order valence-corrected chi connectivity index (χ0v) is 14.3. The third-order valence-corrected chi connectivity index (χ3v) is 5.38. The van der Waals surface area contributed by atoms with Gasteiger partial charge in [0.2, 0.25) is 5.91 Å². The number of amides is 1. The van der Waals surface area contributed by atoms with Crippen LogP contribution in [-0.2, 0) is 16.8 Å². The van der Waals surface area contributed by atoms with Crippen molar-refractivity contribution in [2.45, 2.75) is 50.0 Å². The fourth-order valence-electron chi connectivity index (χ4n) is 3.62. The summed E-state index contributed by atoms with van der Waals surface area (Å²) in [6.45, 7) is 0.868. The Morgan fingerprint density at radius 3 is 2.80 bits per heavy atom. The highest BCUT2D eigenvalue weighted by molar-refractivity contribution is 5.76. The first kappa shape index (κ1) is 16.3. The molecule has 1 aromatic carbocycles. The van der Waals surface area contributed by atoms with Gasteiger partial charge in [-0.15, -0.1) is 0 Å². The first-order valence-corrected chi connectivity index (χ1v) is 9.09. The molecule has 4 rings (SSSR count). The van der Waals surface area contributed by atoms with Crippen LogP contribution in [0.4, 0.5) is 0 Å². The number of aromatic nitrogens is 3. The molecule has 1 amide bonds. The highest BCUT2D eigenvalue weighted by Crippen LogP contribution is 2.40. The number of hydrogen-bond acceptors (Lipinski definition) is 4. The molecule has 1 saturated carbocycles. The zero-order valence-electron chi connectivity index (χ0n) is 14.3. The molecule has 2 aromatic rings. The molecule has 2 aliphatic rings. The van der Waals surface area contributed by atoms with Crippen molar-refractivity contribution in [3.8, 4) is 0 Å². The van der Waals surface area contributed by atoms with Crippen molar-refractivity contribution >= 4 is 5.91 Å². The molecular formula is C19H24N4O2. The second-order valence-corrected chi connectivity index (χ2v) is 7.32. The molecule has 0 spiro atoms. The molecule has 6 nitrogen and oxygen atoms in total. The van der Waals surface area contributed by atoms with Gasteiger partial charge in [0.1, 0.15) is 11.3 Å². The number of benzene rings is 1. The van der Waals surface area contributed by atoms with Crippen LogP contribution in [0.3, 0.4) is 0 Å². The molecular weight excluding hydrogens is 316 g/mol. The number of nitrogens with zero attached hydrogens (tertiary/aromatic N) is 3. The fourth-order valence-corrected chi connectivity index (χ4v) is 3.62. The summed E-state index contributed by atoms with van der Waals surface area (Å²) < 4.78 is 0. The van der Waals surface area contributed by atoms with E-state index in [-0.39, 0.29) is 5.91 Å². The van der Waals surface area contributed by atoms with Gasteiger partial charge in [-0.3, -0.25) is 4.79 Å². The molecule has 6 heteroatoms. The minimum Gasteiger partial charge on any atom is -0.381 e. The molecule has 1 unspecified atom stereocenters. The van der Waals surface area contributed by atoms with Gasteiger partial charge < -0.3 is 10.0 Å². The lowest BCUT2D eigenvalue weighted by Crippen LogP contribution is -2.34. The molecule has 2 N–H and O–H groups in total. The molecule has 2 fully saturated rings. The number of carbonyl (C=O) groups excluding carboxylic acids is 1. The average Bonchev–Trinajstić information content (AvgIpc) is 3.15. The van der Waals surface area contributed by atoms with E-state index in [2.05, 4.69) is 39.7 Å². The van der Waals surface area contributed by atoms with Crippen molar-refractivity contribution < 1.29 is 9.90 Å².